The Morgan fingerprint density at radius 2 is 0.881 bits per heavy atom. The molecule has 4 aromatic rings. The number of ketones is 1. The van der Waals surface area contributed by atoms with Crippen molar-refractivity contribution in [1.29, 1.82) is 0 Å². The van der Waals surface area contributed by atoms with Gasteiger partial charge in [-0.1, -0.05) is 24.3 Å². The van der Waals surface area contributed by atoms with Crippen LogP contribution in [0.3, 0.4) is 0 Å². The molecule has 2 amide bonds. The smallest absolute Gasteiger partial charge is 0.325 e. The van der Waals surface area contributed by atoms with E-state index in [4.69, 9.17) is 20.3 Å². The zero-order valence-corrected chi connectivity index (χ0v) is 38.3. The molecule has 0 radical (unpaired) electrons. The Labute approximate surface area is 389 Å². The Kier molecular flexibility index (Phi) is 28.7. The number of ether oxygens (including phenoxy) is 2. The molecule has 0 aromatic heterocycles. The highest BCUT2D eigenvalue weighted by atomic mass is 35.5. The first-order valence-electron chi connectivity index (χ1n) is 19.4. The lowest BCUT2D eigenvalue weighted by Crippen LogP contribution is -3.00. The normalized spacial score (nSPS) is 10.2. The largest absolute Gasteiger partial charge is 1.00 e. The van der Waals surface area contributed by atoms with Gasteiger partial charge in [0.25, 0.3) is 5.91 Å². The van der Waals surface area contributed by atoms with Gasteiger partial charge in [-0.15, -0.1) is 0 Å². The fraction of sp³-hybridized carbons (Fsp3) is 0.333. The molecule has 22 heteroatoms. The first kappa shape index (κ1) is 62.6. The van der Waals surface area contributed by atoms with Gasteiger partial charge >= 0.3 is 17.9 Å². The Morgan fingerprint density at radius 1 is 0.567 bits per heavy atom. The molecule has 0 fully saturated rings. The van der Waals surface area contributed by atoms with Gasteiger partial charge in [-0.25, -0.2) is 40.5 Å². The van der Waals surface area contributed by atoms with E-state index in [0.29, 0.717) is 12.1 Å². The van der Waals surface area contributed by atoms with Crippen LogP contribution in [0.4, 0.5) is 35.1 Å². The average Bonchev–Trinajstić information content (AvgIpc) is 3.18. The number of esters is 2. The Bertz CT molecular complexity index is 2220. The predicted molar refractivity (Wildman–Crippen MR) is 225 cm³/mol. The van der Waals surface area contributed by atoms with E-state index in [1.54, 1.807) is 41.5 Å². The van der Waals surface area contributed by atoms with Crippen LogP contribution in [0.5, 0.6) is 0 Å². The first-order chi connectivity index (χ1) is 30.4. The molecule has 0 aliphatic rings. The fourth-order valence-electron chi connectivity index (χ4n) is 4.49. The lowest BCUT2D eigenvalue weighted by molar-refractivity contribution is -0.427. The van der Waals surface area contributed by atoms with Crippen LogP contribution < -0.4 is 34.7 Å². The molecule has 4 aromatic carbocycles. The summed E-state index contributed by atoms with van der Waals surface area (Å²) < 4.78 is 111. The van der Waals surface area contributed by atoms with E-state index in [2.05, 4.69) is 16.6 Å². The molecule has 0 spiro atoms. The number of carboxylic acid groups (broad SMARTS) is 1. The van der Waals surface area contributed by atoms with E-state index < -0.39 is 87.9 Å². The highest BCUT2D eigenvalue weighted by Gasteiger charge is 2.18. The summed E-state index contributed by atoms with van der Waals surface area (Å²) in [5.41, 5.74) is 6.52. The van der Waals surface area contributed by atoms with Crippen LogP contribution in [0.1, 0.15) is 72.1 Å². The topological polar surface area (TPSA) is 219 Å². The highest BCUT2D eigenvalue weighted by molar-refractivity contribution is 5.83. The summed E-state index contributed by atoms with van der Waals surface area (Å²) in [6, 6.07) is 12.1. The van der Waals surface area contributed by atoms with Crippen molar-refractivity contribution in [1.82, 2.24) is 10.7 Å². The molecule has 0 saturated carbocycles. The van der Waals surface area contributed by atoms with Crippen molar-refractivity contribution in [2.45, 2.75) is 85.4 Å². The standard InChI is InChI=1S/C14H17F2NO3.C9H8F2O.C8H8F2N2O.C8H6F2O2.C6H13NO2.ClH.H2/c1-14(2,3)20-13(19)8-17-12(18)6-9-4-5-10(15)7-11(9)16;1-6(12)4-7-2-3-8(10)5-9(7)11;9-6-2-1-5(7(10)4-6)3-8(13)12-11;9-6-2-1-5(3-8(11)12)7(10)4-6;1-6(2,3)9-5(8)4-7;;/h4-5,7H,6,8H2,1-3H3,(H,17,18);2-3,5H,4H2,1H3;1-2,4H,3,11H2,(H,12,13);1-2,4H,3H2,(H,11,12);4,7H2,1-3H3;2*1H/i;;;;;;1+1. The molecule has 0 aliphatic carbocycles. The third-order valence-corrected chi connectivity index (χ3v) is 7.18. The van der Waals surface area contributed by atoms with Crippen LogP contribution >= 0.6 is 0 Å². The maximum absolute atomic E-state index is 13.3. The number of amides is 2. The molecule has 0 bridgehead atoms. The van der Waals surface area contributed by atoms with Crippen molar-refractivity contribution in [3.8, 4) is 0 Å². The van der Waals surface area contributed by atoms with E-state index in [1.807, 2.05) is 0 Å². The van der Waals surface area contributed by atoms with Gasteiger partial charge in [0.1, 0.15) is 70.1 Å². The van der Waals surface area contributed by atoms with Crippen molar-refractivity contribution in [3.63, 3.8) is 0 Å². The number of halogens is 9. The molecule has 0 saturated heterocycles. The summed E-state index contributed by atoms with van der Waals surface area (Å²) in [6.45, 7) is 11.6. The predicted octanol–water partition coefficient (Wildman–Crippen LogP) is 2.97. The number of carbonyl (C=O) groups excluding carboxylic acids is 5. The second-order valence-electron chi connectivity index (χ2n) is 15.5. The summed E-state index contributed by atoms with van der Waals surface area (Å²) in [5.74, 6) is -5.73. The summed E-state index contributed by atoms with van der Waals surface area (Å²) in [4.78, 5) is 64.9. The Hall–Kier alpha value is -6.45. The minimum atomic E-state index is -1.14. The number of Topliss-reactive ketones (excluding diaryl/α,β-unsaturated/α-hetero) is 1. The summed E-state index contributed by atoms with van der Waals surface area (Å²) in [6.07, 6.45) is -0.803. The molecule has 8 N–H and O–H groups in total. The molecule has 0 aliphatic heterocycles. The van der Waals surface area contributed by atoms with Crippen LogP contribution in [0, 0.1) is 46.5 Å². The average molecular weight is 984 g/mol. The lowest BCUT2D eigenvalue weighted by atomic mass is 10.1. The molecule has 67 heavy (non-hydrogen) atoms. The van der Waals surface area contributed by atoms with Crippen LogP contribution in [-0.2, 0) is 63.9 Å². The molecule has 4 rings (SSSR count). The fourth-order valence-corrected chi connectivity index (χ4v) is 4.49. The number of benzene rings is 4. The van der Waals surface area contributed by atoms with E-state index in [1.165, 1.54) is 25.1 Å². The van der Waals surface area contributed by atoms with Crippen molar-refractivity contribution in [2.24, 2.45) is 5.73 Å². The minimum absolute atomic E-state index is 0. The summed E-state index contributed by atoms with van der Waals surface area (Å²) in [5, 5.41) is 10.6. The SMILES string of the molecule is CC(=O)Cc1ccc(F)cc1F.CC(C)(C)OC(=O)CN.CC(C)(C)OC(=O)CNC(=O)Cc1ccc(F)cc1F.O=C(O)Cc1ccc(F)cc1F.[2HH].[Cl-].[NH3+]NC(=O)Cc1ccc(F)cc1F. The minimum Gasteiger partial charge on any atom is -1.00 e. The molecular weight excluding hydrogens is 928 g/mol. The van der Waals surface area contributed by atoms with Crippen molar-refractivity contribution < 1.29 is 98.1 Å². The summed E-state index contributed by atoms with van der Waals surface area (Å²) in [7, 11) is 0. The number of rotatable bonds is 11. The molecule has 372 valence electrons. The maximum atomic E-state index is 13.3. The van der Waals surface area contributed by atoms with Gasteiger partial charge in [0.2, 0.25) is 5.91 Å². The number of nitrogens with one attached hydrogen (secondary N) is 2. The number of aliphatic carboxylic acids is 1. The number of carbonyl (C=O) groups is 6. The van der Waals surface area contributed by atoms with Crippen LogP contribution in [-0.4, -0.2) is 64.9 Å². The van der Waals surface area contributed by atoms with E-state index in [9.17, 15) is 63.9 Å². The number of quaternary nitrogens is 1. The van der Waals surface area contributed by atoms with Crippen molar-refractivity contribution in [3.05, 3.63) is 142 Å². The number of hydrogen-bond donors (Lipinski definition) is 5. The number of nitrogens with two attached hydrogens (primary N) is 1. The van der Waals surface area contributed by atoms with Gasteiger partial charge in [-0.3, -0.25) is 34.6 Å². The van der Waals surface area contributed by atoms with Gasteiger partial charge in [-0.2, -0.15) is 0 Å². The van der Waals surface area contributed by atoms with Crippen molar-refractivity contribution in [2.75, 3.05) is 13.1 Å². The summed E-state index contributed by atoms with van der Waals surface area (Å²) >= 11 is 0. The highest BCUT2D eigenvalue weighted by Crippen LogP contribution is 2.13. The lowest BCUT2D eigenvalue weighted by Gasteiger charge is -2.19. The van der Waals surface area contributed by atoms with Crippen LogP contribution in [0.25, 0.3) is 0 Å². The van der Waals surface area contributed by atoms with Gasteiger partial charge in [0, 0.05) is 32.1 Å². The van der Waals surface area contributed by atoms with Gasteiger partial charge in [0.05, 0.1) is 25.8 Å². The Balaban J connectivity index is -0.000000791. The third kappa shape index (κ3) is 30.4. The first-order valence-corrected chi connectivity index (χ1v) is 19.4. The zero-order valence-electron chi connectivity index (χ0n) is 37.6. The van der Waals surface area contributed by atoms with Crippen LogP contribution in [0.2, 0.25) is 0 Å². The van der Waals surface area contributed by atoms with E-state index >= 15 is 0 Å². The van der Waals surface area contributed by atoms with E-state index in [-0.39, 0.29) is 80.2 Å². The molecule has 0 unspecified atom stereocenters. The van der Waals surface area contributed by atoms with Gasteiger partial charge < -0.3 is 38.0 Å². The quantitative estimate of drug-likeness (QED) is 0.0841. The number of carboxylic acids is 1. The number of hydrogen-bond acceptors (Lipinski definition) is 9. The Morgan fingerprint density at radius 3 is 1.15 bits per heavy atom. The second kappa shape index (κ2) is 30.7. The van der Waals surface area contributed by atoms with Crippen LogP contribution in [0.15, 0.2) is 72.8 Å². The molecule has 13 nitrogen and oxygen atoms in total. The molecule has 0 heterocycles. The van der Waals surface area contributed by atoms with Crippen molar-refractivity contribution >= 4 is 35.5 Å². The second-order valence-corrected chi connectivity index (χ2v) is 15.5. The van der Waals surface area contributed by atoms with Gasteiger partial charge in [0.15, 0.2) is 0 Å². The molecule has 0 atom stereocenters. The third-order valence-electron chi connectivity index (χ3n) is 7.18. The monoisotopic (exact) mass is 983 g/mol. The maximum Gasteiger partial charge on any atom is 0.325 e. The van der Waals surface area contributed by atoms with Gasteiger partial charge in [-0.05, 0) is 95.0 Å². The van der Waals surface area contributed by atoms with E-state index in [0.717, 1.165) is 42.5 Å². The zero-order chi connectivity index (χ0) is 50.9. The molecular formula is C45H55ClF8N4O9.